The second-order valence-electron chi connectivity index (χ2n) is 1.82. The van der Waals surface area contributed by atoms with Gasteiger partial charge in [0.2, 0.25) is 0 Å². The van der Waals surface area contributed by atoms with E-state index in [0.29, 0.717) is 0 Å². The van der Waals surface area contributed by atoms with Gasteiger partial charge in [-0.25, -0.2) is 12.2 Å². The fourth-order valence-electron chi connectivity index (χ4n) is 0.429. The van der Waals surface area contributed by atoms with E-state index in [1.54, 1.807) is 0 Å². The van der Waals surface area contributed by atoms with Gasteiger partial charge in [0.25, 0.3) is 0 Å². The minimum Gasteiger partial charge on any atom is -0.273 e. The molecule has 0 aromatic heterocycles. The van der Waals surface area contributed by atoms with Gasteiger partial charge in [-0.1, -0.05) is 0 Å². The predicted molar refractivity (Wildman–Crippen MR) is 44.3 cm³/mol. The van der Waals surface area contributed by atoms with Crippen LogP contribution in [0.4, 0.5) is 0 Å². The molecule has 1 aliphatic rings. The third-order valence-corrected chi connectivity index (χ3v) is 3.15. The standard InChI is InChI=1S/C5H5.4CO.Ru/c1-2-4-5-3-1;4*1-2;/h1-3H,4H2;;;;;/q-1;;;;;. The van der Waals surface area contributed by atoms with Crippen molar-refractivity contribution in [2.75, 3.05) is 0 Å². The van der Waals surface area contributed by atoms with Crippen molar-refractivity contribution in [2.24, 2.45) is 0 Å². The average molecular weight is 278 g/mol. The molecule has 0 amide bonds. The minimum atomic E-state index is -4.22. The first-order valence-electron chi connectivity index (χ1n) is 3.24. The van der Waals surface area contributed by atoms with Gasteiger partial charge < -0.3 is 0 Å². The molecule has 0 atom stereocenters. The van der Waals surface area contributed by atoms with Crippen molar-refractivity contribution >= 4 is 17.9 Å². The van der Waals surface area contributed by atoms with E-state index < -0.39 is 13.0 Å². The Morgan fingerprint density at radius 1 is 1.00 bits per heavy atom. The predicted octanol–water partition coefficient (Wildman–Crippen LogP) is -0.285. The van der Waals surface area contributed by atoms with Gasteiger partial charge >= 0.3 is 50.0 Å². The molecule has 0 fully saturated rings. The Balaban J connectivity index is 0.000000280. The van der Waals surface area contributed by atoms with Gasteiger partial charge in [-0.15, -0.1) is 6.42 Å². The van der Waals surface area contributed by atoms with Crippen LogP contribution in [0.1, 0.15) is 6.42 Å². The van der Waals surface area contributed by atoms with Crippen molar-refractivity contribution in [3.8, 4) is 0 Å². The van der Waals surface area contributed by atoms with E-state index in [9.17, 15) is 19.2 Å². The van der Waals surface area contributed by atoms with E-state index in [4.69, 9.17) is 0 Å². The summed E-state index contributed by atoms with van der Waals surface area (Å²) in [6.45, 7) is 0. The summed E-state index contributed by atoms with van der Waals surface area (Å²) < 4.78 is 4.06. The maximum atomic E-state index is 9.68. The zero-order valence-electron chi connectivity index (χ0n) is 6.93. The average Bonchev–Trinajstić information content (AvgIpc) is 2.80. The Morgan fingerprint density at radius 2 is 1.50 bits per heavy atom. The van der Waals surface area contributed by atoms with E-state index in [2.05, 4.69) is 12.2 Å². The molecular weight excluding hydrogens is 273 g/mol. The van der Waals surface area contributed by atoms with Gasteiger partial charge in [0.1, 0.15) is 0 Å². The first-order valence-corrected chi connectivity index (χ1v) is 6.72. The molecule has 0 bridgehead atoms. The van der Waals surface area contributed by atoms with E-state index >= 15 is 0 Å². The molecule has 0 saturated heterocycles. The molecule has 0 spiro atoms. The molecule has 0 aromatic carbocycles. The fourth-order valence-corrected chi connectivity index (χ4v) is 0.863. The summed E-state index contributed by atoms with van der Waals surface area (Å²) in [5, 5.41) is 0. The first-order chi connectivity index (χ1) is 6.74. The van der Waals surface area contributed by atoms with Crippen molar-refractivity contribution in [3.63, 3.8) is 0 Å². The second kappa shape index (κ2) is 6.89. The SMILES string of the molecule is O=[C]=[Ru](=[C]=O)(=[C]=O)=[C]=O.[C-]1=CC=CC1. The normalized spacial score (nSPS) is 11.4. The number of hydrogen-bond acceptors (Lipinski definition) is 4. The molecule has 0 N–H and O–H groups in total. The number of hydrogen-bond donors (Lipinski definition) is 0. The summed E-state index contributed by atoms with van der Waals surface area (Å²) in [6, 6.07) is 0. The third kappa shape index (κ3) is 3.89. The fraction of sp³-hybridized carbons (Fsp3) is 0.111. The monoisotopic (exact) mass is 279 g/mol. The Morgan fingerprint density at radius 3 is 1.57 bits per heavy atom. The zero-order valence-corrected chi connectivity index (χ0v) is 8.66. The summed E-state index contributed by atoms with van der Waals surface area (Å²) in [5.41, 5.74) is 0. The van der Waals surface area contributed by atoms with Crippen LogP contribution >= 0.6 is 0 Å². The van der Waals surface area contributed by atoms with Gasteiger partial charge in [0.15, 0.2) is 0 Å². The molecule has 0 aromatic rings. The Bertz CT molecular complexity index is 503. The quantitative estimate of drug-likeness (QED) is 0.451. The van der Waals surface area contributed by atoms with E-state index in [1.807, 2.05) is 12.2 Å². The smallest absolute Gasteiger partial charge is 0.109 e. The Kier molecular flexibility index (Phi) is 6.11. The summed E-state index contributed by atoms with van der Waals surface area (Å²) in [5.74, 6) is 0. The summed E-state index contributed by atoms with van der Waals surface area (Å²) >= 11 is -4.22. The van der Waals surface area contributed by atoms with Crippen LogP contribution in [0.2, 0.25) is 0 Å². The van der Waals surface area contributed by atoms with Gasteiger partial charge in [0.05, 0.1) is 0 Å². The van der Waals surface area contributed by atoms with Gasteiger partial charge in [-0.3, -0.25) is 6.08 Å². The molecule has 1 rings (SSSR count). The molecule has 0 aliphatic heterocycles. The summed E-state index contributed by atoms with van der Waals surface area (Å²) in [4.78, 5) is 38.7. The van der Waals surface area contributed by atoms with Crippen molar-refractivity contribution in [3.05, 3.63) is 24.3 Å². The van der Waals surface area contributed by atoms with E-state index in [0.717, 1.165) is 24.3 Å². The van der Waals surface area contributed by atoms with Crippen molar-refractivity contribution < 1.29 is 32.1 Å². The molecular formula is C9H5O4Ru-. The van der Waals surface area contributed by atoms with Gasteiger partial charge in [0, 0.05) is 0 Å². The van der Waals surface area contributed by atoms with Crippen LogP contribution in [0.5, 0.6) is 0 Å². The van der Waals surface area contributed by atoms with Crippen molar-refractivity contribution in [1.29, 1.82) is 0 Å². The van der Waals surface area contributed by atoms with Crippen LogP contribution in [0.15, 0.2) is 18.2 Å². The molecule has 4 nitrogen and oxygen atoms in total. The van der Waals surface area contributed by atoms with Crippen LogP contribution in [-0.4, -0.2) is 17.9 Å². The molecule has 0 saturated carbocycles. The van der Waals surface area contributed by atoms with Crippen LogP contribution in [0.25, 0.3) is 0 Å². The van der Waals surface area contributed by atoms with Crippen molar-refractivity contribution in [2.45, 2.75) is 6.42 Å². The molecule has 5 heteroatoms. The largest absolute Gasteiger partial charge is 0.273 e. The van der Waals surface area contributed by atoms with Gasteiger partial charge in [-0.2, -0.15) is 6.08 Å². The molecule has 74 valence electrons. The number of carbonyl (C=O) groups excluding carboxylic acids is 4. The topological polar surface area (TPSA) is 68.3 Å². The molecule has 0 unspecified atom stereocenters. The number of rotatable bonds is 0. The molecule has 0 heterocycles. The van der Waals surface area contributed by atoms with Crippen LogP contribution in [0.3, 0.4) is 0 Å². The number of allylic oxidation sites excluding steroid dienone is 4. The maximum Gasteiger partial charge on any atom is -0.109 e. The minimum absolute atomic E-state index is 1.01. The molecule has 14 heavy (non-hydrogen) atoms. The summed E-state index contributed by atoms with van der Waals surface area (Å²) in [7, 11) is 0. The third-order valence-electron chi connectivity index (χ3n) is 1.02. The van der Waals surface area contributed by atoms with Crippen LogP contribution < -0.4 is 0 Å². The molecule has 0 radical (unpaired) electrons. The van der Waals surface area contributed by atoms with E-state index in [-0.39, 0.29) is 0 Å². The molecule has 1 aliphatic carbocycles. The van der Waals surface area contributed by atoms with Crippen molar-refractivity contribution in [1.82, 2.24) is 0 Å². The second-order valence-corrected chi connectivity index (χ2v) is 5.85. The summed E-state index contributed by atoms with van der Waals surface area (Å²) in [6.07, 6.45) is 10.0. The van der Waals surface area contributed by atoms with Crippen LogP contribution in [-0.2, 0) is 32.1 Å². The van der Waals surface area contributed by atoms with Gasteiger partial charge in [-0.05, 0) is 0 Å². The Hall–Kier alpha value is -1.58. The maximum absolute atomic E-state index is 9.68. The first kappa shape index (κ1) is 12.4. The zero-order chi connectivity index (χ0) is 10.9. The van der Waals surface area contributed by atoms with E-state index in [1.165, 1.54) is 0 Å². The Labute approximate surface area is 81.1 Å². The van der Waals surface area contributed by atoms with Crippen LogP contribution in [0, 0.1) is 6.08 Å².